The smallest absolute Gasteiger partial charge is 0.140 e. The Morgan fingerprint density at radius 1 is 0.846 bits per heavy atom. The van der Waals surface area contributed by atoms with Crippen LogP contribution in [-0.2, 0) is 24.4 Å². The van der Waals surface area contributed by atoms with E-state index in [1.54, 1.807) is 7.11 Å². The highest BCUT2D eigenvalue weighted by Crippen LogP contribution is 2.31. The number of imidazole rings is 1. The molecule has 39 heavy (non-hydrogen) atoms. The molecule has 0 saturated heterocycles. The summed E-state index contributed by atoms with van der Waals surface area (Å²) < 4.78 is 7.61. The van der Waals surface area contributed by atoms with Gasteiger partial charge >= 0.3 is 0 Å². The third kappa shape index (κ3) is 8.01. The van der Waals surface area contributed by atoms with Crippen LogP contribution in [0.2, 0.25) is 0 Å². The van der Waals surface area contributed by atoms with E-state index in [0.717, 1.165) is 81.3 Å². The third-order valence-corrected chi connectivity index (χ3v) is 6.93. The van der Waals surface area contributed by atoms with Crippen molar-refractivity contribution in [1.82, 2.24) is 19.4 Å². The molecule has 0 fully saturated rings. The van der Waals surface area contributed by atoms with E-state index in [9.17, 15) is 0 Å². The molecule has 0 amide bonds. The molecule has 0 atom stereocenters. The number of pyridine rings is 1. The van der Waals surface area contributed by atoms with Gasteiger partial charge in [0.25, 0.3) is 0 Å². The second-order valence-electron chi connectivity index (χ2n) is 10.0. The topological polar surface area (TPSA) is 55.2 Å². The lowest BCUT2D eigenvalue weighted by Crippen LogP contribution is -2.26. The predicted octanol–water partition coefficient (Wildman–Crippen LogP) is 7.27. The Labute approximate surface area is 234 Å². The summed E-state index contributed by atoms with van der Waals surface area (Å²) in [5, 5.41) is 3.31. The van der Waals surface area contributed by atoms with Crippen LogP contribution in [0, 0.1) is 0 Å². The van der Waals surface area contributed by atoms with Crippen LogP contribution in [0.1, 0.15) is 50.8 Å². The van der Waals surface area contributed by atoms with Crippen molar-refractivity contribution in [1.29, 1.82) is 0 Å². The van der Waals surface area contributed by atoms with E-state index >= 15 is 0 Å². The first-order valence-corrected chi connectivity index (χ1v) is 14.3. The summed E-state index contributed by atoms with van der Waals surface area (Å²) in [7, 11) is 1.71. The van der Waals surface area contributed by atoms with Gasteiger partial charge in [-0.25, -0.2) is 9.97 Å². The molecule has 6 nitrogen and oxygen atoms in total. The molecule has 0 radical (unpaired) electrons. The van der Waals surface area contributed by atoms with Crippen LogP contribution < -0.4 is 5.32 Å². The monoisotopic (exact) mass is 525 g/mol. The first-order chi connectivity index (χ1) is 19.2. The number of nitrogens with one attached hydrogen (secondary N) is 1. The predicted molar refractivity (Wildman–Crippen MR) is 162 cm³/mol. The van der Waals surface area contributed by atoms with Gasteiger partial charge in [0.15, 0.2) is 0 Å². The fourth-order valence-corrected chi connectivity index (χ4v) is 4.81. The number of hydrogen-bond donors (Lipinski definition) is 1. The molecule has 2 heterocycles. The summed E-state index contributed by atoms with van der Waals surface area (Å²) in [5.74, 6) is 1.94. The first kappa shape index (κ1) is 28.5. The van der Waals surface area contributed by atoms with E-state index in [2.05, 4.69) is 106 Å². The van der Waals surface area contributed by atoms with E-state index in [1.165, 1.54) is 16.8 Å². The van der Waals surface area contributed by atoms with Crippen molar-refractivity contribution in [2.24, 2.45) is 0 Å². The Morgan fingerprint density at radius 3 is 2.21 bits per heavy atom. The van der Waals surface area contributed by atoms with Crippen LogP contribution in [-0.4, -0.2) is 46.2 Å². The minimum atomic E-state index is 0.661. The van der Waals surface area contributed by atoms with Crippen molar-refractivity contribution in [3.8, 4) is 22.6 Å². The molecule has 0 saturated carbocycles. The zero-order valence-electron chi connectivity index (χ0n) is 23.8. The molecule has 0 aliphatic carbocycles. The fourth-order valence-electron chi connectivity index (χ4n) is 4.81. The van der Waals surface area contributed by atoms with Crippen LogP contribution in [0.25, 0.3) is 22.6 Å². The summed E-state index contributed by atoms with van der Waals surface area (Å²) in [6.45, 7) is 9.59. The Balaban J connectivity index is 1.68. The lowest BCUT2D eigenvalue weighted by molar-refractivity contribution is 0.210. The average Bonchev–Trinajstić information content (AvgIpc) is 3.34. The molecule has 4 rings (SSSR count). The van der Waals surface area contributed by atoms with Crippen molar-refractivity contribution in [3.63, 3.8) is 0 Å². The van der Waals surface area contributed by atoms with Crippen LogP contribution in [0.3, 0.4) is 0 Å². The number of hydrogen-bond acceptors (Lipinski definition) is 5. The third-order valence-electron chi connectivity index (χ3n) is 6.93. The quantitative estimate of drug-likeness (QED) is 0.156. The Bertz CT molecular complexity index is 1240. The van der Waals surface area contributed by atoms with Crippen LogP contribution in [0.15, 0.2) is 79.0 Å². The van der Waals surface area contributed by atoms with Gasteiger partial charge in [-0.1, -0.05) is 93.4 Å². The minimum absolute atomic E-state index is 0.661. The SMILES string of the molecule is CCCCN(Cc1ccc(NCCOC)nc1)Cc1c(-c2ccccc2)nc(-c2ccccc2)n1CCCC. The van der Waals surface area contributed by atoms with E-state index in [0.29, 0.717) is 6.61 Å². The van der Waals surface area contributed by atoms with Gasteiger partial charge in [-0.3, -0.25) is 4.90 Å². The molecule has 0 spiro atoms. The highest BCUT2D eigenvalue weighted by atomic mass is 16.5. The average molecular weight is 526 g/mol. The van der Waals surface area contributed by atoms with Gasteiger partial charge < -0.3 is 14.6 Å². The van der Waals surface area contributed by atoms with Crippen molar-refractivity contribution in [2.75, 3.05) is 32.1 Å². The molecule has 2 aromatic heterocycles. The lowest BCUT2D eigenvalue weighted by atomic mass is 10.1. The van der Waals surface area contributed by atoms with Gasteiger partial charge in [-0.15, -0.1) is 0 Å². The number of methoxy groups -OCH3 is 1. The van der Waals surface area contributed by atoms with E-state index in [4.69, 9.17) is 9.72 Å². The van der Waals surface area contributed by atoms with Crippen molar-refractivity contribution in [2.45, 2.75) is 59.2 Å². The van der Waals surface area contributed by atoms with Gasteiger partial charge in [0, 0.05) is 50.6 Å². The second kappa shape index (κ2) is 15.2. The Kier molecular flexibility index (Phi) is 11.1. The number of rotatable bonds is 16. The summed E-state index contributed by atoms with van der Waals surface area (Å²) in [6, 6.07) is 25.5. The van der Waals surface area contributed by atoms with E-state index < -0.39 is 0 Å². The molecule has 0 aliphatic rings. The van der Waals surface area contributed by atoms with Gasteiger partial charge in [0.05, 0.1) is 18.0 Å². The van der Waals surface area contributed by atoms with Crippen LogP contribution >= 0.6 is 0 Å². The standard InChI is InChI=1S/C33H43N5O/c1-4-6-21-37(25-27-18-19-31(35-24-27)34-20-23-39-3)26-30-32(28-14-10-8-11-15-28)36-33(38(30)22-7-5-2)29-16-12-9-13-17-29/h8-19,24H,4-7,20-23,25-26H2,1-3H3,(H,34,35). The van der Waals surface area contributed by atoms with Gasteiger partial charge in [0.1, 0.15) is 11.6 Å². The number of nitrogens with zero attached hydrogens (tertiary/aromatic N) is 4. The molecule has 1 N–H and O–H groups in total. The van der Waals surface area contributed by atoms with Crippen LogP contribution in [0.5, 0.6) is 0 Å². The zero-order chi connectivity index (χ0) is 27.3. The highest BCUT2D eigenvalue weighted by molar-refractivity contribution is 5.68. The number of anilines is 1. The fraction of sp³-hybridized carbons (Fsp3) is 0.394. The molecule has 2 aromatic carbocycles. The Morgan fingerprint density at radius 2 is 1.56 bits per heavy atom. The normalized spacial score (nSPS) is 11.3. The van der Waals surface area contributed by atoms with Crippen molar-refractivity contribution >= 4 is 5.82 Å². The number of ether oxygens (including phenoxy) is 1. The summed E-state index contributed by atoms with van der Waals surface area (Å²) in [5.41, 5.74) is 5.92. The lowest BCUT2D eigenvalue weighted by Gasteiger charge is -2.24. The maximum absolute atomic E-state index is 5.30. The van der Waals surface area contributed by atoms with Crippen molar-refractivity contribution < 1.29 is 4.74 Å². The maximum Gasteiger partial charge on any atom is 0.140 e. The molecule has 0 aliphatic heterocycles. The van der Waals surface area contributed by atoms with E-state index in [-0.39, 0.29) is 0 Å². The van der Waals surface area contributed by atoms with Gasteiger partial charge in [-0.05, 0) is 31.0 Å². The summed E-state index contributed by atoms with van der Waals surface area (Å²) >= 11 is 0. The largest absolute Gasteiger partial charge is 0.383 e. The van der Waals surface area contributed by atoms with Crippen LogP contribution in [0.4, 0.5) is 5.82 Å². The first-order valence-electron chi connectivity index (χ1n) is 14.3. The number of benzene rings is 2. The molecule has 206 valence electrons. The molecule has 0 unspecified atom stereocenters. The summed E-state index contributed by atoms with van der Waals surface area (Å²) in [6.07, 6.45) is 6.57. The minimum Gasteiger partial charge on any atom is -0.383 e. The maximum atomic E-state index is 5.30. The number of unbranched alkanes of at least 4 members (excludes halogenated alkanes) is 2. The Hall–Kier alpha value is -3.48. The molecule has 6 heteroatoms. The molecular weight excluding hydrogens is 482 g/mol. The number of aromatic nitrogens is 3. The molecule has 0 bridgehead atoms. The molecular formula is C33H43N5O. The molecule has 4 aromatic rings. The van der Waals surface area contributed by atoms with Gasteiger partial charge in [-0.2, -0.15) is 0 Å². The zero-order valence-corrected chi connectivity index (χ0v) is 23.8. The second-order valence-corrected chi connectivity index (χ2v) is 10.0. The summed E-state index contributed by atoms with van der Waals surface area (Å²) in [4.78, 5) is 12.5. The van der Waals surface area contributed by atoms with Crippen molar-refractivity contribution in [3.05, 3.63) is 90.3 Å². The van der Waals surface area contributed by atoms with E-state index in [1.807, 2.05) is 6.20 Å². The van der Waals surface area contributed by atoms with Gasteiger partial charge in [0.2, 0.25) is 0 Å². The highest BCUT2D eigenvalue weighted by Gasteiger charge is 2.21.